The summed E-state index contributed by atoms with van der Waals surface area (Å²) in [5.41, 5.74) is 7.76. The highest BCUT2D eigenvalue weighted by atomic mass is 16.6. The molecule has 68 valence electrons. The van der Waals surface area contributed by atoms with Crippen LogP contribution in [-0.2, 0) is 6.42 Å². The maximum atomic E-state index is 10.6. The van der Waals surface area contributed by atoms with E-state index in [0.717, 1.165) is 24.0 Å². The Morgan fingerprint density at radius 1 is 1.54 bits per heavy atom. The maximum Gasteiger partial charge on any atom is 0.272 e. The first kappa shape index (κ1) is 8.19. The summed E-state index contributed by atoms with van der Waals surface area (Å²) in [6.07, 6.45) is 1.55. The first-order valence-electron chi connectivity index (χ1n) is 4.22. The van der Waals surface area contributed by atoms with Crippen molar-refractivity contribution in [2.75, 3.05) is 0 Å². The molecule has 2 rings (SSSR count). The average Bonchev–Trinajstić information content (AvgIpc) is 2.48. The van der Waals surface area contributed by atoms with Gasteiger partial charge >= 0.3 is 0 Å². The van der Waals surface area contributed by atoms with Gasteiger partial charge in [0.05, 0.1) is 4.92 Å². The fraction of sp³-hybridized carbons (Fsp3) is 0.333. The highest BCUT2D eigenvalue weighted by molar-refractivity contribution is 5.49. The Balaban J connectivity index is 2.57. The lowest BCUT2D eigenvalue weighted by atomic mass is 10.1. The summed E-state index contributed by atoms with van der Waals surface area (Å²) in [6.45, 7) is 0. The zero-order valence-corrected chi connectivity index (χ0v) is 7.06. The van der Waals surface area contributed by atoms with Crippen molar-refractivity contribution in [3.8, 4) is 0 Å². The van der Waals surface area contributed by atoms with Gasteiger partial charge in [-0.15, -0.1) is 0 Å². The van der Waals surface area contributed by atoms with Crippen LogP contribution >= 0.6 is 0 Å². The van der Waals surface area contributed by atoms with E-state index in [4.69, 9.17) is 5.73 Å². The van der Waals surface area contributed by atoms with Crippen molar-refractivity contribution in [1.82, 2.24) is 0 Å². The third-order valence-corrected chi connectivity index (χ3v) is 2.49. The molecule has 4 nitrogen and oxygen atoms in total. The molecule has 1 atom stereocenters. The van der Waals surface area contributed by atoms with Crippen LogP contribution in [0.15, 0.2) is 18.2 Å². The molecule has 0 radical (unpaired) electrons. The second kappa shape index (κ2) is 2.81. The lowest BCUT2D eigenvalue weighted by Gasteiger charge is -2.03. The number of hydrogen-bond acceptors (Lipinski definition) is 3. The molecule has 0 amide bonds. The van der Waals surface area contributed by atoms with Gasteiger partial charge in [-0.05, 0) is 18.4 Å². The van der Waals surface area contributed by atoms with Crippen LogP contribution in [0.25, 0.3) is 0 Å². The number of hydrogen-bond donors (Lipinski definition) is 1. The molecule has 1 aliphatic carbocycles. The van der Waals surface area contributed by atoms with E-state index >= 15 is 0 Å². The smallest absolute Gasteiger partial charge is 0.272 e. The highest BCUT2D eigenvalue weighted by Gasteiger charge is 2.25. The summed E-state index contributed by atoms with van der Waals surface area (Å²) in [6, 6.07) is 5.09. The van der Waals surface area contributed by atoms with Gasteiger partial charge in [0.25, 0.3) is 5.69 Å². The Morgan fingerprint density at radius 2 is 2.31 bits per heavy atom. The molecule has 0 unspecified atom stereocenters. The Kier molecular flexibility index (Phi) is 1.77. The van der Waals surface area contributed by atoms with Crippen LogP contribution in [0.1, 0.15) is 23.6 Å². The summed E-state index contributed by atoms with van der Waals surface area (Å²) in [7, 11) is 0. The quantitative estimate of drug-likeness (QED) is 0.523. The van der Waals surface area contributed by atoms with Gasteiger partial charge in [-0.3, -0.25) is 10.1 Å². The predicted molar refractivity (Wildman–Crippen MR) is 48.3 cm³/mol. The van der Waals surface area contributed by atoms with Crippen molar-refractivity contribution < 1.29 is 4.92 Å². The van der Waals surface area contributed by atoms with Crippen LogP contribution in [0.3, 0.4) is 0 Å². The molecule has 0 aromatic heterocycles. The summed E-state index contributed by atoms with van der Waals surface area (Å²) in [5.74, 6) is 0. The van der Waals surface area contributed by atoms with Gasteiger partial charge < -0.3 is 5.73 Å². The number of nitro groups is 1. The molecule has 1 aliphatic rings. The molecule has 4 heteroatoms. The van der Waals surface area contributed by atoms with Gasteiger partial charge in [-0.25, -0.2) is 0 Å². The van der Waals surface area contributed by atoms with E-state index in [1.165, 1.54) is 6.07 Å². The predicted octanol–water partition coefficient (Wildman–Crippen LogP) is 1.54. The first-order valence-corrected chi connectivity index (χ1v) is 4.22. The summed E-state index contributed by atoms with van der Waals surface area (Å²) >= 11 is 0. The summed E-state index contributed by atoms with van der Waals surface area (Å²) < 4.78 is 0. The molecular weight excluding hydrogens is 168 g/mol. The Hall–Kier alpha value is -1.42. The van der Waals surface area contributed by atoms with Gasteiger partial charge in [-0.1, -0.05) is 12.1 Å². The molecular formula is C9H10N2O2. The van der Waals surface area contributed by atoms with E-state index in [-0.39, 0.29) is 16.7 Å². The topological polar surface area (TPSA) is 69.2 Å². The molecule has 0 saturated heterocycles. The minimum atomic E-state index is -0.336. The van der Waals surface area contributed by atoms with E-state index in [2.05, 4.69) is 0 Å². The van der Waals surface area contributed by atoms with Crippen molar-refractivity contribution in [1.29, 1.82) is 0 Å². The van der Waals surface area contributed by atoms with Crippen molar-refractivity contribution in [3.63, 3.8) is 0 Å². The van der Waals surface area contributed by atoms with Gasteiger partial charge in [0.2, 0.25) is 0 Å². The zero-order chi connectivity index (χ0) is 9.42. The SMILES string of the molecule is N[C@H]1CCc2c1cccc2[N+](=O)[O-]. The van der Waals surface area contributed by atoms with Gasteiger partial charge in [0.1, 0.15) is 0 Å². The molecule has 0 fully saturated rings. The molecule has 0 aliphatic heterocycles. The molecule has 2 N–H and O–H groups in total. The van der Waals surface area contributed by atoms with Gasteiger partial charge in [0.15, 0.2) is 0 Å². The van der Waals surface area contributed by atoms with E-state index in [0.29, 0.717) is 0 Å². The largest absolute Gasteiger partial charge is 0.324 e. The van der Waals surface area contributed by atoms with Crippen LogP contribution in [0, 0.1) is 10.1 Å². The van der Waals surface area contributed by atoms with Crippen LogP contribution in [0.4, 0.5) is 5.69 Å². The monoisotopic (exact) mass is 178 g/mol. The Bertz CT molecular complexity index is 363. The second-order valence-electron chi connectivity index (χ2n) is 3.25. The van der Waals surface area contributed by atoms with Crippen LogP contribution in [-0.4, -0.2) is 4.92 Å². The normalized spacial score (nSPS) is 19.9. The molecule has 0 spiro atoms. The van der Waals surface area contributed by atoms with Gasteiger partial charge in [0, 0.05) is 17.7 Å². The average molecular weight is 178 g/mol. The molecule has 0 heterocycles. The number of nitro benzene ring substituents is 1. The van der Waals surface area contributed by atoms with E-state index in [1.54, 1.807) is 6.07 Å². The lowest BCUT2D eigenvalue weighted by Crippen LogP contribution is -2.05. The summed E-state index contributed by atoms with van der Waals surface area (Å²) in [5, 5.41) is 10.6. The third kappa shape index (κ3) is 1.19. The number of nitrogens with zero attached hydrogens (tertiary/aromatic N) is 1. The van der Waals surface area contributed by atoms with E-state index < -0.39 is 0 Å². The summed E-state index contributed by atoms with van der Waals surface area (Å²) in [4.78, 5) is 10.3. The van der Waals surface area contributed by atoms with E-state index in [9.17, 15) is 10.1 Å². The van der Waals surface area contributed by atoms with E-state index in [1.807, 2.05) is 6.07 Å². The number of rotatable bonds is 1. The third-order valence-electron chi connectivity index (χ3n) is 2.49. The van der Waals surface area contributed by atoms with Crippen molar-refractivity contribution in [3.05, 3.63) is 39.4 Å². The number of fused-ring (bicyclic) bond motifs is 1. The minimum absolute atomic E-state index is 0.0186. The fourth-order valence-electron chi connectivity index (χ4n) is 1.84. The highest BCUT2D eigenvalue weighted by Crippen LogP contribution is 2.34. The first-order chi connectivity index (χ1) is 6.20. The fourth-order valence-corrected chi connectivity index (χ4v) is 1.84. The van der Waals surface area contributed by atoms with Crippen molar-refractivity contribution in [2.45, 2.75) is 18.9 Å². The standard InChI is InChI=1S/C9H10N2O2/c10-8-5-4-7-6(8)2-1-3-9(7)11(12)13/h1-3,8H,4-5,10H2/t8-/m0/s1. The molecule has 13 heavy (non-hydrogen) atoms. The van der Waals surface area contributed by atoms with Crippen molar-refractivity contribution >= 4 is 5.69 Å². The zero-order valence-electron chi connectivity index (χ0n) is 7.06. The number of benzene rings is 1. The minimum Gasteiger partial charge on any atom is -0.324 e. The van der Waals surface area contributed by atoms with Crippen molar-refractivity contribution in [2.24, 2.45) is 5.73 Å². The maximum absolute atomic E-state index is 10.6. The second-order valence-corrected chi connectivity index (χ2v) is 3.25. The molecule has 1 aromatic rings. The number of nitrogens with two attached hydrogens (primary N) is 1. The Morgan fingerprint density at radius 3 is 3.00 bits per heavy atom. The van der Waals surface area contributed by atoms with Gasteiger partial charge in [-0.2, -0.15) is 0 Å². The lowest BCUT2D eigenvalue weighted by molar-refractivity contribution is -0.385. The molecule has 0 bridgehead atoms. The molecule has 0 saturated carbocycles. The molecule has 1 aromatic carbocycles. The Labute approximate surface area is 75.5 Å². The van der Waals surface area contributed by atoms with Crippen LogP contribution in [0.5, 0.6) is 0 Å². The van der Waals surface area contributed by atoms with Crippen LogP contribution < -0.4 is 5.73 Å². The van der Waals surface area contributed by atoms with Crippen LogP contribution in [0.2, 0.25) is 0 Å².